The lowest BCUT2D eigenvalue weighted by atomic mass is 10.0. The number of nitrogens with one attached hydrogen (secondary N) is 1. The van der Waals surface area contributed by atoms with Crippen LogP contribution < -0.4 is 5.32 Å². The molecule has 0 aliphatic carbocycles. The van der Waals surface area contributed by atoms with E-state index >= 15 is 0 Å². The number of carbonyl (C=O) groups excluding carboxylic acids is 1. The maximum Gasteiger partial charge on any atom is 0.308 e. The van der Waals surface area contributed by atoms with Crippen molar-refractivity contribution in [2.45, 2.75) is 19.9 Å². The van der Waals surface area contributed by atoms with Crippen LogP contribution in [0.25, 0.3) is 0 Å². The molecular weight excluding hydrogens is 301 g/mol. The number of carboxylic acid groups (broad SMARTS) is 1. The maximum atomic E-state index is 13.4. The minimum Gasteiger partial charge on any atom is -0.481 e. The summed E-state index contributed by atoms with van der Waals surface area (Å²) in [5.74, 6) is -15.5. The monoisotopic (exact) mass is 311 g/mol. The van der Waals surface area contributed by atoms with Gasteiger partial charge in [-0.2, -0.15) is 0 Å². The zero-order chi connectivity index (χ0) is 16.5. The van der Waals surface area contributed by atoms with Crippen molar-refractivity contribution in [1.29, 1.82) is 0 Å². The van der Waals surface area contributed by atoms with Crippen LogP contribution in [0.2, 0.25) is 0 Å². The van der Waals surface area contributed by atoms with Gasteiger partial charge in [-0.25, -0.2) is 22.0 Å². The van der Waals surface area contributed by atoms with E-state index in [4.69, 9.17) is 5.11 Å². The van der Waals surface area contributed by atoms with E-state index in [1.807, 2.05) is 5.32 Å². The minimum absolute atomic E-state index is 1.09. The van der Waals surface area contributed by atoms with Crippen LogP contribution in [0.3, 0.4) is 0 Å². The Labute approximate surface area is 115 Å². The summed E-state index contributed by atoms with van der Waals surface area (Å²) in [5.41, 5.74) is -1.66. The van der Waals surface area contributed by atoms with Gasteiger partial charge in [0, 0.05) is 6.04 Å². The number of benzene rings is 1. The van der Waals surface area contributed by atoms with E-state index in [0.717, 1.165) is 0 Å². The molecule has 1 rings (SSSR count). The van der Waals surface area contributed by atoms with E-state index in [9.17, 15) is 31.5 Å². The van der Waals surface area contributed by atoms with Crippen molar-refractivity contribution in [2.75, 3.05) is 0 Å². The van der Waals surface area contributed by atoms with Gasteiger partial charge < -0.3 is 10.4 Å². The molecule has 0 radical (unpaired) electrons. The number of amides is 1. The third-order valence-corrected chi connectivity index (χ3v) is 2.94. The quantitative estimate of drug-likeness (QED) is 0.509. The van der Waals surface area contributed by atoms with E-state index in [-0.39, 0.29) is 0 Å². The summed E-state index contributed by atoms with van der Waals surface area (Å²) in [6, 6.07) is -1.09. The van der Waals surface area contributed by atoms with Gasteiger partial charge in [-0.15, -0.1) is 0 Å². The normalized spacial score (nSPS) is 13.7. The van der Waals surface area contributed by atoms with E-state index in [1.165, 1.54) is 13.8 Å². The molecule has 0 spiro atoms. The highest BCUT2D eigenvalue weighted by Gasteiger charge is 2.31. The summed E-state index contributed by atoms with van der Waals surface area (Å²) < 4.78 is 65.5. The molecule has 1 amide bonds. The molecule has 0 bridgehead atoms. The van der Waals surface area contributed by atoms with Crippen molar-refractivity contribution in [3.05, 3.63) is 34.6 Å². The van der Waals surface area contributed by atoms with Crippen LogP contribution in [0.4, 0.5) is 22.0 Å². The first kappa shape index (κ1) is 16.9. The Morgan fingerprint density at radius 3 is 1.67 bits per heavy atom. The van der Waals surface area contributed by atoms with E-state index < -0.39 is 58.5 Å². The van der Waals surface area contributed by atoms with Crippen LogP contribution >= 0.6 is 0 Å². The fourth-order valence-corrected chi connectivity index (χ4v) is 1.42. The summed E-state index contributed by atoms with van der Waals surface area (Å²) in [6.07, 6.45) is 0. The van der Waals surface area contributed by atoms with Crippen LogP contribution in [0.5, 0.6) is 0 Å². The molecule has 0 aliphatic heterocycles. The summed E-state index contributed by atoms with van der Waals surface area (Å²) in [7, 11) is 0. The number of carbonyl (C=O) groups is 2. The van der Waals surface area contributed by atoms with Gasteiger partial charge in [-0.05, 0) is 13.8 Å². The van der Waals surface area contributed by atoms with Gasteiger partial charge in [0.25, 0.3) is 5.91 Å². The molecule has 0 saturated carbocycles. The van der Waals surface area contributed by atoms with Crippen molar-refractivity contribution in [3.63, 3.8) is 0 Å². The smallest absolute Gasteiger partial charge is 0.308 e. The molecule has 2 atom stereocenters. The van der Waals surface area contributed by atoms with Crippen LogP contribution in [0, 0.1) is 35.0 Å². The first-order valence-corrected chi connectivity index (χ1v) is 5.64. The van der Waals surface area contributed by atoms with Gasteiger partial charge in [0.1, 0.15) is 5.56 Å². The molecule has 1 aromatic carbocycles. The SMILES string of the molecule is CC(NC(=O)c1c(F)c(F)c(F)c(F)c1F)C(C)C(=O)O. The Hall–Kier alpha value is -2.19. The number of halogens is 5. The van der Waals surface area contributed by atoms with Gasteiger partial charge in [0.05, 0.1) is 5.92 Å². The molecule has 4 nitrogen and oxygen atoms in total. The van der Waals surface area contributed by atoms with Crippen molar-refractivity contribution >= 4 is 11.9 Å². The third kappa shape index (κ3) is 3.11. The highest BCUT2D eigenvalue weighted by Crippen LogP contribution is 2.23. The molecule has 2 unspecified atom stereocenters. The first-order chi connectivity index (χ1) is 9.59. The number of rotatable bonds is 4. The van der Waals surface area contributed by atoms with Crippen LogP contribution in [0.1, 0.15) is 24.2 Å². The van der Waals surface area contributed by atoms with Gasteiger partial charge in [0.2, 0.25) is 5.82 Å². The van der Waals surface area contributed by atoms with Crippen molar-refractivity contribution < 1.29 is 36.6 Å². The fraction of sp³-hybridized carbons (Fsp3) is 0.333. The number of hydrogen-bond acceptors (Lipinski definition) is 2. The highest BCUT2D eigenvalue weighted by atomic mass is 19.2. The fourth-order valence-electron chi connectivity index (χ4n) is 1.42. The van der Waals surface area contributed by atoms with Crippen molar-refractivity contribution in [1.82, 2.24) is 5.32 Å². The molecule has 9 heteroatoms. The van der Waals surface area contributed by atoms with E-state index in [2.05, 4.69) is 0 Å². The molecule has 0 heterocycles. The zero-order valence-corrected chi connectivity index (χ0v) is 10.8. The van der Waals surface area contributed by atoms with E-state index in [1.54, 1.807) is 0 Å². The average Bonchev–Trinajstić information content (AvgIpc) is 2.42. The topological polar surface area (TPSA) is 66.4 Å². The Balaban J connectivity index is 3.18. The zero-order valence-electron chi connectivity index (χ0n) is 10.8. The Morgan fingerprint density at radius 1 is 0.905 bits per heavy atom. The second-order valence-corrected chi connectivity index (χ2v) is 4.33. The summed E-state index contributed by atoms with van der Waals surface area (Å²) in [6.45, 7) is 2.41. The standard InChI is InChI=1S/C12H10F5NO3/c1-3(12(20)21)4(2)18-11(19)5-6(13)8(15)10(17)9(16)7(5)14/h3-4H,1-2H3,(H,18,19)(H,20,21). The van der Waals surface area contributed by atoms with Gasteiger partial charge >= 0.3 is 5.97 Å². The molecular formula is C12H10F5NO3. The molecule has 0 aromatic heterocycles. The van der Waals surface area contributed by atoms with Gasteiger partial charge in [-0.3, -0.25) is 9.59 Å². The lowest BCUT2D eigenvalue weighted by molar-refractivity contribution is -0.141. The summed E-state index contributed by atoms with van der Waals surface area (Å²) >= 11 is 0. The average molecular weight is 311 g/mol. The largest absolute Gasteiger partial charge is 0.481 e. The number of hydrogen-bond donors (Lipinski definition) is 2. The lowest BCUT2D eigenvalue weighted by Crippen LogP contribution is -2.41. The second kappa shape index (κ2) is 6.06. The van der Waals surface area contributed by atoms with E-state index in [0.29, 0.717) is 0 Å². The summed E-state index contributed by atoms with van der Waals surface area (Å²) in [4.78, 5) is 22.3. The van der Waals surface area contributed by atoms with Gasteiger partial charge in [-0.1, -0.05) is 0 Å². The molecule has 116 valence electrons. The first-order valence-electron chi connectivity index (χ1n) is 5.64. The lowest BCUT2D eigenvalue weighted by Gasteiger charge is -2.18. The summed E-state index contributed by atoms with van der Waals surface area (Å²) in [5, 5.41) is 10.6. The predicted octanol–water partition coefficient (Wildman–Crippen LogP) is 2.22. The molecule has 0 fully saturated rings. The molecule has 21 heavy (non-hydrogen) atoms. The molecule has 0 aliphatic rings. The van der Waals surface area contributed by atoms with Crippen LogP contribution in [-0.4, -0.2) is 23.0 Å². The predicted molar refractivity (Wildman–Crippen MR) is 60.0 cm³/mol. The Morgan fingerprint density at radius 2 is 1.29 bits per heavy atom. The minimum atomic E-state index is -2.38. The molecule has 2 N–H and O–H groups in total. The van der Waals surface area contributed by atoms with Crippen LogP contribution in [0.15, 0.2) is 0 Å². The maximum absolute atomic E-state index is 13.4. The Kier molecular flexibility index (Phi) is 4.87. The molecule has 0 saturated heterocycles. The second-order valence-electron chi connectivity index (χ2n) is 4.33. The van der Waals surface area contributed by atoms with Crippen molar-refractivity contribution in [2.24, 2.45) is 5.92 Å². The number of carboxylic acids is 1. The Bertz CT molecular complexity index is 576. The van der Waals surface area contributed by atoms with Crippen molar-refractivity contribution in [3.8, 4) is 0 Å². The highest BCUT2D eigenvalue weighted by molar-refractivity contribution is 5.95. The third-order valence-electron chi connectivity index (χ3n) is 2.94. The van der Waals surface area contributed by atoms with Crippen LogP contribution in [-0.2, 0) is 4.79 Å². The molecule has 1 aromatic rings. The number of aliphatic carboxylic acids is 1. The van der Waals surface area contributed by atoms with Gasteiger partial charge in [0.15, 0.2) is 23.3 Å².